The molecule has 1 atom stereocenters. The summed E-state index contributed by atoms with van der Waals surface area (Å²) in [5, 5.41) is 11.6. The third kappa shape index (κ3) is 4.20. The second-order valence-electron chi connectivity index (χ2n) is 7.80. The van der Waals surface area contributed by atoms with Crippen molar-refractivity contribution in [1.82, 2.24) is 5.32 Å². The minimum atomic E-state index is -4.82. The highest BCUT2D eigenvalue weighted by Gasteiger charge is 2.59. The lowest BCUT2D eigenvalue weighted by Crippen LogP contribution is -2.58. The molecule has 3 aromatic rings. The van der Waals surface area contributed by atoms with E-state index >= 15 is 0 Å². The van der Waals surface area contributed by atoms with Crippen molar-refractivity contribution >= 4 is 11.5 Å². The Morgan fingerprint density at radius 1 is 0.939 bits per heavy atom. The van der Waals surface area contributed by atoms with Gasteiger partial charge in [0.1, 0.15) is 23.1 Å². The Bertz CT molecular complexity index is 1240. The molecule has 1 N–H and O–H groups in total. The molecule has 0 saturated carbocycles. The van der Waals surface area contributed by atoms with Crippen molar-refractivity contribution < 1.29 is 22.7 Å². The summed E-state index contributed by atoms with van der Waals surface area (Å²) < 4.78 is 49.3. The molecule has 1 unspecified atom stereocenters. The van der Waals surface area contributed by atoms with E-state index < -0.39 is 24.0 Å². The summed E-state index contributed by atoms with van der Waals surface area (Å²) in [5.74, 6) is -0.150. The fourth-order valence-electron chi connectivity index (χ4n) is 3.85. The molecule has 0 fully saturated rings. The molecule has 7 heteroatoms. The van der Waals surface area contributed by atoms with Crippen LogP contribution in [0.1, 0.15) is 23.1 Å². The van der Waals surface area contributed by atoms with E-state index in [4.69, 9.17) is 4.74 Å². The Hall–Kier alpha value is -4.05. The van der Waals surface area contributed by atoms with Crippen LogP contribution in [0.2, 0.25) is 0 Å². The summed E-state index contributed by atoms with van der Waals surface area (Å²) >= 11 is 0. The third-order valence-corrected chi connectivity index (χ3v) is 5.62. The number of ether oxygens (including phenoxy) is 1. The van der Waals surface area contributed by atoms with Crippen LogP contribution >= 0.6 is 0 Å². The van der Waals surface area contributed by atoms with E-state index in [1.165, 1.54) is 24.3 Å². The summed E-state index contributed by atoms with van der Waals surface area (Å²) in [6.45, 7) is 1.84. The second kappa shape index (κ2) is 8.47. The van der Waals surface area contributed by atoms with Crippen LogP contribution in [0.15, 0.2) is 84.4 Å². The van der Waals surface area contributed by atoms with E-state index in [-0.39, 0.29) is 16.7 Å². The van der Waals surface area contributed by atoms with Gasteiger partial charge in [0.2, 0.25) is 0 Å². The van der Waals surface area contributed by atoms with E-state index in [0.29, 0.717) is 17.1 Å². The quantitative estimate of drug-likeness (QED) is 0.529. The van der Waals surface area contributed by atoms with E-state index in [2.05, 4.69) is 5.32 Å². The zero-order chi connectivity index (χ0) is 23.6. The maximum atomic E-state index is 14.5. The minimum Gasteiger partial charge on any atom is -0.457 e. The van der Waals surface area contributed by atoms with Crippen LogP contribution in [0.25, 0.3) is 5.57 Å². The predicted molar refractivity (Wildman–Crippen MR) is 117 cm³/mol. The number of amides is 1. The number of aryl methyl sites for hydroxylation is 1. The van der Waals surface area contributed by atoms with Gasteiger partial charge in [0, 0.05) is 6.42 Å². The van der Waals surface area contributed by atoms with E-state index in [9.17, 15) is 23.2 Å². The van der Waals surface area contributed by atoms with Gasteiger partial charge >= 0.3 is 6.18 Å². The van der Waals surface area contributed by atoms with E-state index in [1.807, 2.05) is 13.0 Å². The van der Waals surface area contributed by atoms with Gasteiger partial charge in [-0.3, -0.25) is 4.79 Å². The van der Waals surface area contributed by atoms with Gasteiger partial charge in [-0.05, 0) is 47.9 Å². The first-order valence-corrected chi connectivity index (χ1v) is 10.2. The highest BCUT2D eigenvalue weighted by atomic mass is 19.4. The molecule has 3 aromatic carbocycles. The minimum absolute atomic E-state index is 0.0585. The molecule has 166 valence electrons. The first kappa shape index (κ1) is 22.2. The van der Waals surface area contributed by atoms with Crippen molar-refractivity contribution in [2.75, 3.05) is 0 Å². The second-order valence-corrected chi connectivity index (χ2v) is 7.80. The van der Waals surface area contributed by atoms with Crippen LogP contribution in [0.5, 0.6) is 11.5 Å². The van der Waals surface area contributed by atoms with Gasteiger partial charge in [-0.2, -0.15) is 18.4 Å². The predicted octanol–water partition coefficient (Wildman–Crippen LogP) is 6.04. The fraction of sp³-hybridized carbons (Fsp3) is 0.154. The fourth-order valence-corrected chi connectivity index (χ4v) is 3.85. The van der Waals surface area contributed by atoms with Crippen molar-refractivity contribution in [3.05, 3.63) is 101 Å². The van der Waals surface area contributed by atoms with Gasteiger partial charge in [-0.1, -0.05) is 60.2 Å². The number of nitriles is 1. The Balaban J connectivity index is 1.76. The number of carbonyl (C=O) groups excluding carboxylic acids is 1. The molecule has 0 saturated heterocycles. The lowest BCUT2D eigenvalue weighted by molar-refractivity contribution is -0.201. The number of para-hydroxylation sites is 1. The van der Waals surface area contributed by atoms with Gasteiger partial charge in [-0.15, -0.1) is 0 Å². The van der Waals surface area contributed by atoms with Crippen molar-refractivity contribution in [2.24, 2.45) is 0 Å². The van der Waals surface area contributed by atoms with E-state index in [1.54, 1.807) is 54.6 Å². The zero-order valence-electron chi connectivity index (χ0n) is 17.6. The molecule has 0 aliphatic carbocycles. The molecule has 1 heterocycles. The molecular formula is C26H19F3N2O2. The SMILES string of the molecule is Cc1ccc(C2=C(C#N)C(=O)NC(c3ccc(Oc4ccccc4)cc3)(C(F)(F)F)C2)cc1. The topological polar surface area (TPSA) is 62.1 Å². The molecule has 1 amide bonds. The first-order chi connectivity index (χ1) is 15.7. The van der Waals surface area contributed by atoms with Crippen LogP contribution in [0, 0.1) is 18.3 Å². The molecule has 0 radical (unpaired) electrons. The number of nitrogens with one attached hydrogen (secondary N) is 1. The van der Waals surface area contributed by atoms with Crippen LogP contribution in [-0.4, -0.2) is 12.1 Å². The molecule has 4 nitrogen and oxygen atoms in total. The van der Waals surface area contributed by atoms with Crippen LogP contribution in [-0.2, 0) is 10.3 Å². The molecular weight excluding hydrogens is 429 g/mol. The Morgan fingerprint density at radius 2 is 1.55 bits per heavy atom. The Labute approximate surface area is 188 Å². The number of hydrogen-bond donors (Lipinski definition) is 1. The number of rotatable bonds is 4. The van der Waals surface area contributed by atoms with Gasteiger partial charge < -0.3 is 10.1 Å². The molecule has 0 bridgehead atoms. The van der Waals surface area contributed by atoms with Crippen molar-refractivity contribution in [1.29, 1.82) is 5.26 Å². The number of alkyl halides is 3. The highest BCUT2D eigenvalue weighted by molar-refractivity contribution is 6.07. The standard InChI is InChI=1S/C26H19F3N2O2/c1-17-7-9-18(10-8-17)22-15-25(26(27,28)29,31-24(32)23(22)16-30)19-11-13-21(14-12-19)33-20-5-3-2-4-6-20/h2-14H,15H2,1H3,(H,31,32). The molecule has 33 heavy (non-hydrogen) atoms. The summed E-state index contributed by atoms with van der Waals surface area (Å²) in [6.07, 6.45) is -5.42. The van der Waals surface area contributed by atoms with Crippen LogP contribution in [0.4, 0.5) is 13.2 Å². The van der Waals surface area contributed by atoms with Crippen molar-refractivity contribution in [3.63, 3.8) is 0 Å². The largest absolute Gasteiger partial charge is 0.457 e. The monoisotopic (exact) mass is 448 g/mol. The lowest BCUT2D eigenvalue weighted by atomic mass is 9.76. The lowest BCUT2D eigenvalue weighted by Gasteiger charge is -2.40. The number of nitrogens with zero attached hydrogens (tertiary/aromatic N) is 1. The van der Waals surface area contributed by atoms with Crippen molar-refractivity contribution in [3.8, 4) is 17.6 Å². The molecule has 1 aliphatic rings. The molecule has 1 aliphatic heterocycles. The average Bonchev–Trinajstić information content (AvgIpc) is 2.79. The number of halogens is 3. The van der Waals surface area contributed by atoms with Crippen molar-refractivity contribution in [2.45, 2.75) is 25.1 Å². The van der Waals surface area contributed by atoms with Crippen LogP contribution in [0.3, 0.4) is 0 Å². The van der Waals surface area contributed by atoms with Gasteiger partial charge in [0.25, 0.3) is 5.91 Å². The zero-order valence-corrected chi connectivity index (χ0v) is 17.6. The summed E-state index contributed by atoms with van der Waals surface area (Å²) in [7, 11) is 0. The van der Waals surface area contributed by atoms with Gasteiger partial charge in [0.05, 0.1) is 0 Å². The van der Waals surface area contributed by atoms with Gasteiger partial charge in [-0.25, -0.2) is 0 Å². The maximum Gasteiger partial charge on any atom is 0.416 e. The summed E-state index contributed by atoms with van der Waals surface area (Å²) in [6, 6.07) is 22.8. The summed E-state index contributed by atoms with van der Waals surface area (Å²) in [4.78, 5) is 12.7. The van der Waals surface area contributed by atoms with Crippen LogP contribution < -0.4 is 10.1 Å². The van der Waals surface area contributed by atoms with E-state index in [0.717, 1.165) is 5.56 Å². The summed E-state index contributed by atoms with van der Waals surface area (Å²) in [5.41, 5.74) is -1.77. The number of benzene rings is 3. The molecule has 0 spiro atoms. The normalized spacial score (nSPS) is 18.5. The maximum absolute atomic E-state index is 14.5. The number of hydrogen-bond acceptors (Lipinski definition) is 3. The average molecular weight is 448 g/mol. The highest BCUT2D eigenvalue weighted by Crippen LogP contribution is 2.48. The number of carbonyl (C=O) groups is 1. The Morgan fingerprint density at radius 3 is 2.12 bits per heavy atom. The van der Waals surface area contributed by atoms with Gasteiger partial charge in [0.15, 0.2) is 5.54 Å². The molecule has 4 rings (SSSR count). The Kier molecular flexibility index (Phi) is 5.69. The smallest absolute Gasteiger partial charge is 0.416 e. The first-order valence-electron chi connectivity index (χ1n) is 10.2. The third-order valence-electron chi connectivity index (χ3n) is 5.62. The molecule has 0 aromatic heterocycles.